The molecule has 0 aliphatic rings. The summed E-state index contributed by atoms with van der Waals surface area (Å²) in [5, 5.41) is 0.798. The topological polar surface area (TPSA) is 73.1 Å². The predicted octanol–water partition coefficient (Wildman–Crippen LogP) is 0.928. The van der Waals surface area contributed by atoms with Gasteiger partial charge in [-0.15, -0.1) is 0 Å². The van der Waals surface area contributed by atoms with Gasteiger partial charge in [-0.1, -0.05) is 6.07 Å². The molecule has 0 atom stereocenters. The molecular weight excluding hydrogens is 212 g/mol. The molecule has 15 heavy (non-hydrogen) atoms. The van der Waals surface area contributed by atoms with E-state index >= 15 is 0 Å². The number of hydrogen-bond acceptors (Lipinski definition) is 4. The van der Waals surface area contributed by atoms with Crippen molar-refractivity contribution in [3.63, 3.8) is 0 Å². The van der Waals surface area contributed by atoms with Crippen LogP contribution in [0.5, 0.6) is 0 Å². The maximum absolute atomic E-state index is 10.6. The van der Waals surface area contributed by atoms with Crippen molar-refractivity contribution in [2.24, 2.45) is 0 Å². The van der Waals surface area contributed by atoms with E-state index in [9.17, 15) is 8.42 Å². The standard InChI is InChI=1S/C10H10N2O2S/c11-10-7(6-15(13)14)3-4-9-8(10)2-1-5-12-9/h1-5,15H,6,11H2. The Bertz CT molecular complexity index is 571. The summed E-state index contributed by atoms with van der Waals surface area (Å²) in [6, 6.07) is 7.09. The maximum atomic E-state index is 10.6. The van der Waals surface area contributed by atoms with Crippen LogP contribution in [0.1, 0.15) is 5.56 Å². The molecule has 0 saturated heterocycles. The highest BCUT2D eigenvalue weighted by atomic mass is 32.2. The van der Waals surface area contributed by atoms with Gasteiger partial charge in [0.25, 0.3) is 0 Å². The Balaban J connectivity index is 2.64. The van der Waals surface area contributed by atoms with Crippen molar-refractivity contribution in [2.75, 3.05) is 5.73 Å². The summed E-state index contributed by atoms with van der Waals surface area (Å²) in [6.07, 6.45) is 1.68. The van der Waals surface area contributed by atoms with E-state index in [0.717, 1.165) is 10.9 Å². The average molecular weight is 222 g/mol. The molecule has 2 N–H and O–H groups in total. The summed E-state index contributed by atoms with van der Waals surface area (Å²) in [5.41, 5.74) is 7.77. The molecular formula is C10H10N2O2S. The Labute approximate surface area is 88.7 Å². The first-order valence-corrected chi connectivity index (χ1v) is 5.78. The minimum atomic E-state index is -2.45. The number of nitrogen functional groups attached to an aromatic ring is 1. The van der Waals surface area contributed by atoms with Gasteiger partial charge in [0.05, 0.1) is 11.3 Å². The number of benzene rings is 1. The molecule has 2 aromatic rings. The second kappa shape index (κ2) is 3.86. The highest BCUT2D eigenvalue weighted by molar-refractivity contribution is 7.71. The Kier molecular flexibility index (Phi) is 2.55. The predicted molar refractivity (Wildman–Crippen MR) is 60.2 cm³/mol. The molecule has 0 fully saturated rings. The van der Waals surface area contributed by atoms with E-state index < -0.39 is 10.7 Å². The summed E-state index contributed by atoms with van der Waals surface area (Å²) < 4.78 is 21.2. The van der Waals surface area contributed by atoms with Crippen LogP contribution < -0.4 is 5.73 Å². The molecule has 0 bridgehead atoms. The van der Waals surface area contributed by atoms with Crippen molar-refractivity contribution in [1.82, 2.24) is 4.98 Å². The number of nitrogens with zero attached hydrogens (tertiary/aromatic N) is 1. The van der Waals surface area contributed by atoms with Gasteiger partial charge < -0.3 is 5.73 Å². The second-order valence-electron chi connectivity index (χ2n) is 3.20. The SMILES string of the molecule is Nc1c(C[SH](=O)=O)ccc2ncccc12. The molecule has 0 spiro atoms. The van der Waals surface area contributed by atoms with Crippen molar-refractivity contribution in [1.29, 1.82) is 0 Å². The van der Waals surface area contributed by atoms with Crippen LogP contribution in [0, 0.1) is 0 Å². The fourth-order valence-corrected chi connectivity index (χ4v) is 2.05. The Hall–Kier alpha value is -1.62. The average Bonchev–Trinajstić information content (AvgIpc) is 2.22. The number of aromatic nitrogens is 1. The quantitative estimate of drug-likeness (QED) is 0.585. The Morgan fingerprint density at radius 3 is 2.80 bits per heavy atom. The van der Waals surface area contributed by atoms with E-state index in [0.29, 0.717) is 11.3 Å². The second-order valence-corrected chi connectivity index (χ2v) is 4.18. The van der Waals surface area contributed by atoms with Gasteiger partial charge in [0.1, 0.15) is 10.7 Å². The lowest BCUT2D eigenvalue weighted by atomic mass is 10.1. The van der Waals surface area contributed by atoms with E-state index in [1.165, 1.54) is 0 Å². The molecule has 5 heteroatoms. The lowest BCUT2D eigenvalue weighted by Gasteiger charge is -2.05. The third-order valence-electron chi connectivity index (χ3n) is 2.22. The van der Waals surface area contributed by atoms with Gasteiger partial charge in [-0.3, -0.25) is 4.98 Å². The van der Waals surface area contributed by atoms with Crippen LogP contribution in [0.3, 0.4) is 0 Å². The monoisotopic (exact) mass is 222 g/mol. The van der Waals surface area contributed by atoms with Crippen LogP contribution in [0.25, 0.3) is 10.9 Å². The zero-order chi connectivity index (χ0) is 10.8. The molecule has 0 unspecified atom stereocenters. The summed E-state index contributed by atoms with van der Waals surface area (Å²) in [6.45, 7) is 0. The minimum absolute atomic E-state index is 0.0218. The first kappa shape index (κ1) is 9.92. The highest BCUT2D eigenvalue weighted by Gasteiger charge is 2.05. The van der Waals surface area contributed by atoms with Gasteiger partial charge in [0.15, 0.2) is 0 Å². The van der Waals surface area contributed by atoms with Crippen LogP contribution in [0.4, 0.5) is 5.69 Å². The van der Waals surface area contributed by atoms with Gasteiger partial charge in [-0.05, 0) is 23.8 Å². The van der Waals surface area contributed by atoms with Gasteiger partial charge in [0, 0.05) is 17.3 Å². The van der Waals surface area contributed by atoms with E-state index in [2.05, 4.69) is 4.98 Å². The molecule has 2 rings (SSSR count). The number of nitrogens with two attached hydrogens (primary N) is 1. The van der Waals surface area contributed by atoms with Crippen molar-refractivity contribution in [3.8, 4) is 0 Å². The van der Waals surface area contributed by atoms with Crippen LogP contribution in [-0.2, 0) is 16.5 Å². The molecule has 1 aromatic heterocycles. The Morgan fingerprint density at radius 1 is 1.27 bits per heavy atom. The molecule has 0 saturated carbocycles. The molecule has 1 aromatic carbocycles. The largest absolute Gasteiger partial charge is 0.398 e. The molecule has 0 aliphatic carbocycles. The first-order valence-electron chi connectivity index (χ1n) is 4.42. The van der Waals surface area contributed by atoms with Crippen molar-refractivity contribution in [3.05, 3.63) is 36.0 Å². The number of anilines is 1. The van der Waals surface area contributed by atoms with Gasteiger partial charge in [0.2, 0.25) is 0 Å². The van der Waals surface area contributed by atoms with E-state index in [-0.39, 0.29) is 5.75 Å². The minimum Gasteiger partial charge on any atom is -0.398 e. The molecule has 0 aliphatic heterocycles. The maximum Gasteiger partial charge on any atom is 0.144 e. The van der Waals surface area contributed by atoms with E-state index in [4.69, 9.17) is 5.73 Å². The molecule has 78 valence electrons. The van der Waals surface area contributed by atoms with Crippen molar-refractivity contribution >= 4 is 27.3 Å². The van der Waals surface area contributed by atoms with Crippen molar-refractivity contribution < 1.29 is 8.42 Å². The molecule has 1 heterocycles. The van der Waals surface area contributed by atoms with E-state index in [1.807, 2.05) is 6.07 Å². The normalized spacial score (nSPS) is 11.0. The van der Waals surface area contributed by atoms with Gasteiger partial charge >= 0.3 is 0 Å². The fraction of sp³-hybridized carbons (Fsp3) is 0.100. The van der Waals surface area contributed by atoms with E-state index in [1.54, 1.807) is 24.4 Å². The summed E-state index contributed by atoms with van der Waals surface area (Å²) in [7, 11) is -2.45. The van der Waals surface area contributed by atoms with Gasteiger partial charge in [-0.25, -0.2) is 8.42 Å². The number of rotatable bonds is 2. The third-order valence-corrected chi connectivity index (χ3v) is 2.82. The van der Waals surface area contributed by atoms with Gasteiger partial charge in [-0.2, -0.15) is 0 Å². The molecule has 4 nitrogen and oxygen atoms in total. The lowest BCUT2D eigenvalue weighted by Crippen LogP contribution is -1.97. The van der Waals surface area contributed by atoms with Crippen LogP contribution in [0.15, 0.2) is 30.5 Å². The third kappa shape index (κ3) is 1.92. The van der Waals surface area contributed by atoms with Crippen molar-refractivity contribution in [2.45, 2.75) is 5.75 Å². The highest BCUT2D eigenvalue weighted by Crippen LogP contribution is 2.23. The zero-order valence-electron chi connectivity index (χ0n) is 7.88. The smallest absolute Gasteiger partial charge is 0.144 e. The van der Waals surface area contributed by atoms with Crippen LogP contribution in [0.2, 0.25) is 0 Å². The fourth-order valence-electron chi connectivity index (χ4n) is 1.50. The van der Waals surface area contributed by atoms with Crippen LogP contribution in [-0.4, -0.2) is 13.4 Å². The summed E-state index contributed by atoms with van der Waals surface area (Å²) >= 11 is 0. The number of thiol groups is 1. The molecule has 0 radical (unpaired) electrons. The zero-order valence-corrected chi connectivity index (χ0v) is 8.78. The molecule has 0 amide bonds. The number of pyridine rings is 1. The number of fused-ring (bicyclic) bond motifs is 1. The number of hydrogen-bond donors (Lipinski definition) is 2. The lowest BCUT2D eigenvalue weighted by molar-refractivity contribution is 0.614. The van der Waals surface area contributed by atoms with Crippen LogP contribution >= 0.6 is 0 Å². The first-order chi connectivity index (χ1) is 7.18. The summed E-state index contributed by atoms with van der Waals surface area (Å²) in [4.78, 5) is 4.13. The summed E-state index contributed by atoms with van der Waals surface area (Å²) in [5.74, 6) is -0.0218. The Morgan fingerprint density at radius 2 is 2.07 bits per heavy atom.